The van der Waals surface area contributed by atoms with Crippen molar-refractivity contribution >= 4 is 17.3 Å². The first-order chi connectivity index (χ1) is 13.2. The monoisotopic (exact) mass is 387 g/mol. The number of hydrogen-bond acceptors (Lipinski definition) is 4. The van der Waals surface area contributed by atoms with Gasteiger partial charge in [-0.25, -0.2) is 0 Å². The minimum Gasteiger partial charge on any atom is -0.382 e. The molecule has 5 nitrogen and oxygen atoms in total. The number of rotatable bonds is 5. The topological polar surface area (TPSA) is 56.1 Å². The molecule has 27 heavy (non-hydrogen) atoms. The molecule has 2 aromatic rings. The molecule has 1 unspecified atom stereocenters. The molecule has 1 saturated carbocycles. The van der Waals surface area contributed by atoms with Crippen LogP contribution in [0, 0.1) is 5.92 Å². The van der Waals surface area contributed by atoms with Gasteiger partial charge < -0.3 is 10.1 Å². The molecular formula is C21H26ClN3O2. The zero-order valence-electron chi connectivity index (χ0n) is 15.5. The summed E-state index contributed by atoms with van der Waals surface area (Å²) in [6.45, 7) is 2.33. The molecule has 0 radical (unpaired) electrons. The molecule has 1 N–H and O–H groups in total. The summed E-state index contributed by atoms with van der Waals surface area (Å²) in [6, 6.07) is 8.15. The molecule has 2 fully saturated rings. The van der Waals surface area contributed by atoms with Crippen molar-refractivity contribution in [3.05, 3.63) is 51.4 Å². The predicted octanol–water partition coefficient (Wildman–Crippen LogP) is 4.38. The average Bonchev–Trinajstić information content (AvgIpc) is 3.25. The Hall–Kier alpha value is -1.85. The lowest BCUT2D eigenvalue weighted by molar-refractivity contribution is 0.0595. The SMILES string of the molecule is O=c1c(Cl)c(NCC2CCCOC2)cnn1-c1ccc(C2CCCC2)cc1. The van der Waals surface area contributed by atoms with Crippen molar-refractivity contribution in [2.75, 3.05) is 25.1 Å². The maximum absolute atomic E-state index is 12.7. The van der Waals surface area contributed by atoms with Crippen molar-refractivity contribution < 1.29 is 4.74 Å². The zero-order chi connectivity index (χ0) is 18.6. The van der Waals surface area contributed by atoms with Crippen LogP contribution in [0.1, 0.15) is 50.0 Å². The Labute approximate surface area is 164 Å². The maximum atomic E-state index is 12.7. The summed E-state index contributed by atoms with van der Waals surface area (Å²) in [5.74, 6) is 1.10. The van der Waals surface area contributed by atoms with Gasteiger partial charge in [0, 0.05) is 13.2 Å². The summed E-state index contributed by atoms with van der Waals surface area (Å²) in [7, 11) is 0. The average molecular weight is 388 g/mol. The summed E-state index contributed by atoms with van der Waals surface area (Å²) >= 11 is 6.33. The number of benzene rings is 1. The van der Waals surface area contributed by atoms with Crippen molar-refractivity contribution in [2.45, 2.75) is 44.4 Å². The second kappa shape index (κ2) is 8.44. The Morgan fingerprint density at radius 1 is 1.15 bits per heavy atom. The molecule has 2 heterocycles. The van der Waals surface area contributed by atoms with Gasteiger partial charge in [-0.2, -0.15) is 9.78 Å². The van der Waals surface area contributed by atoms with E-state index in [1.54, 1.807) is 6.20 Å². The van der Waals surface area contributed by atoms with Gasteiger partial charge in [0.2, 0.25) is 0 Å². The summed E-state index contributed by atoms with van der Waals surface area (Å²) in [5.41, 5.74) is 2.39. The lowest BCUT2D eigenvalue weighted by Crippen LogP contribution is -2.26. The van der Waals surface area contributed by atoms with Crippen LogP contribution in [0.2, 0.25) is 5.02 Å². The quantitative estimate of drug-likeness (QED) is 0.827. The van der Waals surface area contributed by atoms with Crippen LogP contribution in [0.25, 0.3) is 5.69 Å². The molecule has 1 aromatic carbocycles. The number of anilines is 1. The van der Waals surface area contributed by atoms with Crippen LogP contribution in [0.5, 0.6) is 0 Å². The highest BCUT2D eigenvalue weighted by Gasteiger charge is 2.18. The van der Waals surface area contributed by atoms with E-state index in [1.165, 1.54) is 35.9 Å². The molecule has 2 aliphatic rings. The Morgan fingerprint density at radius 3 is 2.63 bits per heavy atom. The van der Waals surface area contributed by atoms with E-state index < -0.39 is 0 Å². The summed E-state index contributed by atoms with van der Waals surface area (Å²) < 4.78 is 6.86. The first-order valence-electron chi connectivity index (χ1n) is 9.92. The van der Waals surface area contributed by atoms with Crippen LogP contribution in [0.4, 0.5) is 5.69 Å². The number of hydrogen-bond donors (Lipinski definition) is 1. The third kappa shape index (κ3) is 4.19. The summed E-state index contributed by atoms with van der Waals surface area (Å²) in [6.07, 6.45) is 8.98. The predicted molar refractivity (Wildman–Crippen MR) is 108 cm³/mol. The van der Waals surface area contributed by atoms with Gasteiger partial charge in [0.25, 0.3) is 5.56 Å². The standard InChI is InChI=1S/C21H26ClN3O2/c22-20-19(23-12-15-4-3-11-27-14-15)13-24-25(21(20)26)18-9-7-17(8-10-18)16-5-1-2-6-16/h7-10,13,15-16,23H,1-6,11-12,14H2. The first-order valence-corrected chi connectivity index (χ1v) is 10.3. The van der Waals surface area contributed by atoms with E-state index in [-0.39, 0.29) is 10.6 Å². The van der Waals surface area contributed by atoms with E-state index in [9.17, 15) is 4.79 Å². The summed E-state index contributed by atoms with van der Waals surface area (Å²) in [4.78, 5) is 12.7. The molecule has 1 aliphatic heterocycles. The fourth-order valence-electron chi connectivity index (χ4n) is 4.11. The van der Waals surface area contributed by atoms with Crippen LogP contribution in [-0.4, -0.2) is 29.5 Å². The van der Waals surface area contributed by atoms with Crippen molar-refractivity contribution in [3.8, 4) is 5.69 Å². The van der Waals surface area contributed by atoms with Crippen LogP contribution in [-0.2, 0) is 4.74 Å². The normalized spacial score (nSPS) is 20.7. The number of nitrogens with zero attached hydrogens (tertiary/aromatic N) is 2. The van der Waals surface area contributed by atoms with Crippen LogP contribution >= 0.6 is 11.6 Å². The third-order valence-electron chi connectivity index (χ3n) is 5.72. The summed E-state index contributed by atoms with van der Waals surface area (Å²) in [5, 5.41) is 7.77. The molecule has 1 aliphatic carbocycles. The van der Waals surface area contributed by atoms with Crippen molar-refractivity contribution in [1.82, 2.24) is 9.78 Å². The Morgan fingerprint density at radius 2 is 1.93 bits per heavy atom. The number of aromatic nitrogens is 2. The number of halogens is 1. The maximum Gasteiger partial charge on any atom is 0.292 e. The van der Waals surface area contributed by atoms with E-state index in [1.807, 2.05) is 12.1 Å². The Balaban J connectivity index is 1.48. The van der Waals surface area contributed by atoms with Gasteiger partial charge in [-0.1, -0.05) is 36.6 Å². The van der Waals surface area contributed by atoms with Crippen LogP contribution < -0.4 is 10.9 Å². The molecule has 4 rings (SSSR count). The van der Waals surface area contributed by atoms with Gasteiger partial charge in [0.15, 0.2) is 0 Å². The smallest absolute Gasteiger partial charge is 0.292 e. The Bertz CT molecular complexity index is 822. The van der Waals surface area contributed by atoms with Crippen molar-refractivity contribution in [1.29, 1.82) is 0 Å². The largest absolute Gasteiger partial charge is 0.382 e. The molecule has 144 valence electrons. The first kappa shape index (κ1) is 18.5. The number of ether oxygens (including phenoxy) is 1. The molecule has 1 aromatic heterocycles. The second-order valence-corrected chi connectivity index (χ2v) is 8.00. The van der Waals surface area contributed by atoms with Gasteiger partial charge in [-0.15, -0.1) is 0 Å². The van der Waals surface area contributed by atoms with Gasteiger partial charge in [0.05, 0.1) is 24.2 Å². The van der Waals surface area contributed by atoms with Crippen molar-refractivity contribution in [2.24, 2.45) is 5.92 Å². The molecule has 0 bridgehead atoms. The van der Waals surface area contributed by atoms with Gasteiger partial charge >= 0.3 is 0 Å². The van der Waals surface area contributed by atoms with Crippen molar-refractivity contribution in [3.63, 3.8) is 0 Å². The van der Waals surface area contributed by atoms with Gasteiger partial charge in [0.1, 0.15) is 5.02 Å². The van der Waals surface area contributed by atoms with Crippen LogP contribution in [0.15, 0.2) is 35.3 Å². The third-order valence-corrected chi connectivity index (χ3v) is 6.08. The highest BCUT2D eigenvalue weighted by atomic mass is 35.5. The lowest BCUT2D eigenvalue weighted by Gasteiger charge is -2.22. The van der Waals surface area contributed by atoms with E-state index in [4.69, 9.17) is 16.3 Å². The molecule has 1 atom stereocenters. The van der Waals surface area contributed by atoms with E-state index in [0.29, 0.717) is 17.5 Å². The molecular weight excluding hydrogens is 362 g/mol. The second-order valence-electron chi connectivity index (χ2n) is 7.63. The van der Waals surface area contributed by atoms with E-state index >= 15 is 0 Å². The highest BCUT2D eigenvalue weighted by Crippen LogP contribution is 2.34. The highest BCUT2D eigenvalue weighted by molar-refractivity contribution is 6.32. The zero-order valence-corrected chi connectivity index (χ0v) is 16.3. The van der Waals surface area contributed by atoms with E-state index in [2.05, 4.69) is 22.5 Å². The minimum absolute atomic E-state index is 0.182. The fraction of sp³-hybridized carbons (Fsp3) is 0.524. The Kier molecular flexibility index (Phi) is 5.79. The molecule has 0 amide bonds. The molecule has 6 heteroatoms. The van der Waals surface area contributed by atoms with Gasteiger partial charge in [-0.3, -0.25) is 4.79 Å². The molecule has 0 spiro atoms. The number of nitrogens with one attached hydrogen (secondary N) is 1. The minimum atomic E-state index is -0.296. The van der Waals surface area contributed by atoms with Gasteiger partial charge in [-0.05, 0) is 55.2 Å². The lowest BCUT2D eigenvalue weighted by atomic mass is 9.98. The van der Waals surface area contributed by atoms with E-state index in [0.717, 1.165) is 38.3 Å². The molecule has 1 saturated heterocycles. The fourth-order valence-corrected chi connectivity index (χ4v) is 4.31. The van der Waals surface area contributed by atoms with Crippen LogP contribution in [0.3, 0.4) is 0 Å².